The van der Waals surface area contributed by atoms with Crippen LogP contribution in [0.15, 0.2) is 36.9 Å². The first-order valence-electron chi connectivity index (χ1n) is 5.84. The molecule has 1 aliphatic carbocycles. The molecular weight excluding hydrogens is 198 g/mol. The van der Waals surface area contributed by atoms with Gasteiger partial charge in [0, 0.05) is 12.5 Å². The maximum absolute atomic E-state index is 4.19. The van der Waals surface area contributed by atoms with E-state index < -0.39 is 0 Å². The van der Waals surface area contributed by atoms with E-state index in [1.54, 1.807) is 12.7 Å². The van der Waals surface area contributed by atoms with Gasteiger partial charge in [-0.05, 0) is 30.4 Å². The van der Waals surface area contributed by atoms with Crippen molar-refractivity contribution in [3.63, 3.8) is 0 Å². The molecule has 0 spiro atoms. The van der Waals surface area contributed by atoms with Crippen LogP contribution in [0.25, 0.3) is 0 Å². The Morgan fingerprint density at radius 3 is 3.12 bits per heavy atom. The highest BCUT2D eigenvalue weighted by Crippen LogP contribution is 2.32. The molecule has 16 heavy (non-hydrogen) atoms. The van der Waals surface area contributed by atoms with Crippen molar-refractivity contribution in [2.45, 2.75) is 31.7 Å². The zero-order chi connectivity index (χ0) is 10.8. The Labute approximate surface area is 95.1 Å². The average Bonchev–Trinajstić information content (AvgIpc) is 2.82. The number of fused-ring (bicyclic) bond motifs is 1. The van der Waals surface area contributed by atoms with E-state index in [0.717, 1.165) is 6.54 Å². The standard InChI is InChI=1S/C13H15N3/c1-2-7-13-11(4-1)5-3-6-12(13)8-16-10-14-9-15-16/h1-2,4,7,9-10,12H,3,5-6,8H2/t12-/m0/s1. The van der Waals surface area contributed by atoms with Gasteiger partial charge in [0.05, 0.1) is 0 Å². The second-order valence-corrected chi connectivity index (χ2v) is 4.41. The fraction of sp³-hybridized carbons (Fsp3) is 0.385. The largest absolute Gasteiger partial charge is 0.252 e. The summed E-state index contributed by atoms with van der Waals surface area (Å²) in [7, 11) is 0. The molecule has 0 saturated heterocycles. The quantitative estimate of drug-likeness (QED) is 0.767. The van der Waals surface area contributed by atoms with E-state index in [9.17, 15) is 0 Å². The van der Waals surface area contributed by atoms with E-state index >= 15 is 0 Å². The van der Waals surface area contributed by atoms with E-state index in [2.05, 4.69) is 34.3 Å². The van der Waals surface area contributed by atoms with Crippen LogP contribution < -0.4 is 0 Å². The lowest BCUT2D eigenvalue weighted by molar-refractivity contribution is 0.456. The van der Waals surface area contributed by atoms with Crippen LogP contribution in [0.4, 0.5) is 0 Å². The summed E-state index contributed by atoms with van der Waals surface area (Å²) in [6, 6.07) is 8.79. The number of aromatic nitrogens is 3. The molecule has 1 aliphatic rings. The molecule has 3 nitrogen and oxygen atoms in total. The molecule has 0 unspecified atom stereocenters. The Morgan fingerprint density at radius 1 is 1.31 bits per heavy atom. The van der Waals surface area contributed by atoms with Gasteiger partial charge in [-0.15, -0.1) is 0 Å². The Kier molecular flexibility index (Phi) is 2.44. The van der Waals surface area contributed by atoms with E-state index in [-0.39, 0.29) is 0 Å². The molecule has 82 valence electrons. The van der Waals surface area contributed by atoms with Crippen molar-refractivity contribution in [1.82, 2.24) is 14.8 Å². The van der Waals surface area contributed by atoms with Gasteiger partial charge in [0.2, 0.25) is 0 Å². The molecule has 1 aromatic carbocycles. The Bertz CT molecular complexity index is 462. The Morgan fingerprint density at radius 2 is 2.25 bits per heavy atom. The molecule has 0 aliphatic heterocycles. The number of aryl methyl sites for hydroxylation is 1. The second kappa shape index (κ2) is 4.08. The van der Waals surface area contributed by atoms with Crippen molar-refractivity contribution in [2.75, 3.05) is 0 Å². The summed E-state index contributed by atoms with van der Waals surface area (Å²) in [5.74, 6) is 0.603. The minimum Gasteiger partial charge on any atom is -0.252 e. The molecule has 0 bridgehead atoms. The number of nitrogens with zero attached hydrogens (tertiary/aromatic N) is 3. The SMILES string of the molecule is c1ccc2c(c1)CCC[C@H]2Cn1cncn1. The fourth-order valence-corrected chi connectivity index (χ4v) is 2.60. The van der Waals surface area contributed by atoms with Gasteiger partial charge in [0.25, 0.3) is 0 Å². The van der Waals surface area contributed by atoms with Gasteiger partial charge >= 0.3 is 0 Å². The van der Waals surface area contributed by atoms with Crippen LogP contribution in [-0.2, 0) is 13.0 Å². The Balaban J connectivity index is 1.87. The zero-order valence-corrected chi connectivity index (χ0v) is 9.21. The van der Waals surface area contributed by atoms with Gasteiger partial charge in [-0.25, -0.2) is 4.98 Å². The molecule has 0 saturated carbocycles. The highest BCUT2D eigenvalue weighted by atomic mass is 15.3. The maximum atomic E-state index is 4.19. The molecule has 3 rings (SSSR count). The molecule has 0 N–H and O–H groups in total. The predicted molar refractivity (Wildman–Crippen MR) is 62.1 cm³/mol. The van der Waals surface area contributed by atoms with Crippen LogP contribution >= 0.6 is 0 Å². The van der Waals surface area contributed by atoms with Crippen LogP contribution in [0.1, 0.15) is 29.9 Å². The summed E-state index contributed by atoms with van der Waals surface area (Å²) in [4.78, 5) is 4.00. The number of hydrogen-bond acceptors (Lipinski definition) is 2. The summed E-state index contributed by atoms with van der Waals surface area (Å²) in [5.41, 5.74) is 3.02. The van der Waals surface area contributed by atoms with Gasteiger partial charge in [-0.3, -0.25) is 4.68 Å². The summed E-state index contributed by atoms with van der Waals surface area (Å²) in [6.07, 6.45) is 7.18. The topological polar surface area (TPSA) is 30.7 Å². The zero-order valence-electron chi connectivity index (χ0n) is 9.21. The summed E-state index contributed by atoms with van der Waals surface area (Å²) >= 11 is 0. The number of rotatable bonds is 2. The minimum atomic E-state index is 0.603. The third-order valence-corrected chi connectivity index (χ3v) is 3.37. The summed E-state index contributed by atoms with van der Waals surface area (Å²) in [5, 5.41) is 4.19. The van der Waals surface area contributed by atoms with Crippen LogP contribution in [0, 0.1) is 0 Å². The van der Waals surface area contributed by atoms with Crippen molar-refractivity contribution in [3.8, 4) is 0 Å². The van der Waals surface area contributed by atoms with Gasteiger partial charge in [-0.1, -0.05) is 24.3 Å². The highest BCUT2D eigenvalue weighted by Gasteiger charge is 2.19. The van der Waals surface area contributed by atoms with Gasteiger partial charge in [0.1, 0.15) is 12.7 Å². The molecule has 0 amide bonds. The first-order chi connectivity index (χ1) is 7.93. The van der Waals surface area contributed by atoms with Gasteiger partial charge < -0.3 is 0 Å². The van der Waals surface area contributed by atoms with E-state index in [4.69, 9.17) is 0 Å². The first kappa shape index (κ1) is 9.58. The fourth-order valence-electron chi connectivity index (χ4n) is 2.60. The molecule has 1 atom stereocenters. The van der Waals surface area contributed by atoms with Crippen LogP contribution in [0.5, 0.6) is 0 Å². The molecule has 3 heteroatoms. The lowest BCUT2D eigenvalue weighted by atomic mass is 9.83. The monoisotopic (exact) mass is 213 g/mol. The average molecular weight is 213 g/mol. The number of hydrogen-bond donors (Lipinski definition) is 0. The van der Waals surface area contributed by atoms with Crippen molar-refractivity contribution < 1.29 is 0 Å². The van der Waals surface area contributed by atoms with Crippen molar-refractivity contribution in [2.24, 2.45) is 0 Å². The highest BCUT2D eigenvalue weighted by molar-refractivity contribution is 5.32. The summed E-state index contributed by atoms with van der Waals surface area (Å²) < 4.78 is 1.94. The van der Waals surface area contributed by atoms with Crippen LogP contribution in [0.3, 0.4) is 0 Å². The van der Waals surface area contributed by atoms with E-state index in [0.29, 0.717) is 5.92 Å². The van der Waals surface area contributed by atoms with E-state index in [1.165, 1.54) is 30.4 Å². The Hall–Kier alpha value is -1.64. The smallest absolute Gasteiger partial charge is 0.137 e. The first-order valence-corrected chi connectivity index (χ1v) is 5.84. The molecule has 1 aromatic heterocycles. The van der Waals surface area contributed by atoms with Crippen LogP contribution in [-0.4, -0.2) is 14.8 Å². The van der Waals surface area contributed by atoms with E-state index in [1.807, 2.05) is 4.68 Å². The number of benzene rings is 1. The second-order valence-electron chi connectivity index (χ2n) is 4.41. The van der Waals surface area contributed by atoms with Crippen molar-refractivity contribution in [3.05, 3.63) is 48.0 Å². The minimum absolute atomic E-state index is 0.603. The van der Waals surface area contributed by atoms with Crippen LogP contribution in [0.2, 0.25) is 0 Å². The third-order valence-electron chi connectivity index (χ3n) is 3.37. The molecule has 0 radical (unpaired) electrons. The van der Waals surface area contributed by atoms with Gasteiger partial charge in [0.15, 0.2) is 0 Å². The molecular formula is C13H15N3. The molecule has 0 fully saturated rings. The summed E-state index contributed by atoms with van der Waals surface area (Å²) in [6.45, 7) is 0.955. The molecule has 1 heterocycles. The normalized spacial score (nSPS) is 19.4. The lowest BCUT2D eigenvalue weighted by Gasteiger charge is -2.25. The maximum Gasteiger partial charge on any atom is 0.137 e. The van der Waals surface area contributed by atoms with Crippen molar-refractivity contribution >= 4 is 0 Å². The molecule has 2 aromatic rings. The van der Waals surface area contributed by atoms with Gasteiger partial charge in [-0.2, -0.15) is 5.10 Å². The third kappa shape index (κ3) is 1.73. The lowest BCUT2D eigenvalue weighted by Crippen LogP contribution is -2.15. The van der Waals surface area contributed by atoms with Crippen molar-refractivity contribution in [1.29, 1.82) is 0 Å². The predicted octanol–water partition coefficient (Wildman–Crippen LogP) is 2.40.